The molecule has 0 aliphatic carbocycles. The first-order valence-electron chi connectivity index (χ1n) is 4.69. The van der Waals surface area contributed by atoms with Gasteiger partial charge in [0, 0.05) is 17.1 Å². The Balaban J connectivity index is 2.18. The van der Waals surface area contributed by atoms with Crippen molar-refractivity contribution in [2.45, 2.75) is 6.42 Å². The van der Waals surface area contributed by atoms with Crippen LogP contribution in [0.1, 0.15) is 11.3 Å². The third-order valence-electron chi connectivity index (χ3n) is 2.12. The Morgan fingerprint density at radius 3 is 2.73 bits per heavy atom. The predicted octanol–water partition coefficient (Wildman–Crippen LogP) is 2.91. The highest BCUT2D eigenvalue weighted by Crippen LogP contribution is 2.14. The van der Waals surface area contributed by atoms with Crippen molar-refractivity contribution in [1.82, 2.24) is 4.98 Å². The van der Waals surface area contributed by atoms with Crippen molar-refractivity contribution in [3.8, 4) is 0 Å². The summed E-state index contributed by atoms with van der Waals surface area (Å²) in [6.45, 7) is 0. The summed E-state index contributed by atoms with van der Waals surface area (Å²) in [5.41, 5.74) is 8.39. The van der Waals surface area contributed by atoms with Gasteiger partial charge in [-0.1, -0.05) is 23.7 Å². The topological polar surface area (TPSA) is 38.9 Å². The number of pyridine rings is 1. The first kappa shape index (κ1) is 9.99. The summed E-state index contributed by atoms with van der Waals surface area (Å²) in [7, 11) is 0. The average Bonchev–Trinajstić information content (AvgIpc) is 2.22. The van der Waals surface area contributed by atoms with Gasteiger partial charge in [-0.25, -0.2) is 0 Å². The minimum atomic E-state index is 0.685. The fourth-order valence-corrected chi connectivity index (χ4v) is 1.61. The molecule has 3 heteroatoms. The molecule has 0 atom stereocenters. The van der Waals surface area contributed by atoms with Gasteiger partial charge in [0.1, 0.15) is 0 Å². The predicted molar refractivity (Wildman–Crippen MR) is 62.9 cm³/mol. The highest BCUT2D eigenvalue weighted by Gasteiger charge is 1.98. The van der Waals surface area contributed by atoms with Gasteiger partial charge in [0.05, 0.1) is 11.9 Å². The molecular formula is C12H11ClN2. The molecule has 76 valence electrons. The van der Waals surface area contributed by atoms with Crippen LogP contribution in [-0.2, 0) is 6.42 Å². The first-order valence-corrected chi connectivity index (χ1v) is 5.07. The molecule has 0 radical (unpaired) electrons. The highest BCUT2D eigenvalue weighted by atomic mass is 35.5. The summed E-state index contributed by atoms with van der Waals surface area (Å²) >= 11 is 5.90. The van der Waals surface area contributed by atoms with E-state index in [1.54, 1.807) is 6.20 Å². The second kappa shape index (κ2) is 4.32. The van der Waals surface area contributed by atoms with Crippen LogP contribution in [0, 0.1) is 0 Å². The summed E-state index contributed by atoms with van der Waals surface area (Å²) < 4.78 is 0. The maximum absolute atomic E-state index is 5.90. The van der Waals surface area contributed by atoms with E-state index < -0.39 is 0 Å². The number of rotatable bonds is 2. The standard InChI is InChI=1S/C12H11ClN2/c13-10-3-1-2-9(6-10)7-12-5-4-11(14)8-15-12/h1-6,8H,7,14H2. The minimum absolute atomic E-state index is 0.685. The summed E-state index contributed by atoms with van der Waals surface area (Å²) in [5, 5.41) is 0.753. The molecule has 0 saturated heterocycles. The lowest BCUT2D eigenvalue weighted by atomic mass is 10.1. The van der Waals surface area contributed by atoms with Crippen molar-refractivity contribution in [2.75, 3.05) is 5.73 Å². The van der Waals surface area contributed by atoms with Crippen molar-refractivity contribution in [3.05, 3.63) is 58.9 Å². The molecule has 1 aromatic heterocycles. The number of nitrogens with zero attached hydrogens (tertiary/aromatic N) is 1. The molecule has 0 saturated carbocycles. The van der Waals surface area contributed by atoms with Gasteiger partial charge in [-0.15, -0.1) is 0 Å². The molecule has 0 aliphatic rings. The molecule has 0 amide bonds. The molecule has 2 aromatic rings. The summed E-state index contributed by atoms with van der Waals surface area (Å²) in [5.74, 6) is 0. The van der Waals surface area contributed by atoms with Crippen LogP contribution in [0.5, 0.6) is 0 Å². The van der Waals surface area contributed by atoms with E-state index in [9.17, 15) is 0 Å². The van der Waals surface area contributed by atoms with Crippen LogP contribution in [0.25, 0.3) is 0 Å². The molecule has 1 heterocycles. The zero-order valence-corrected chi connectivity index (χ0v) is 8.91. The Labute approximate surface area is 93.7 Å². The molecule has 1 aromatic carbocycles. The van der Waals surface area contributed by atoms with Crippen LogP contribution < -0.4 is 5.73 Å². The summed E-state index contributed by atoms with van der Waals surface area (Å²) in [4.78, 5) is 4.24. The third kappa shape index (κ3) is 2.70. The van der Waals surface area contributed by atoms with Crippen molar-refractivity contribution in [3.63, 3.8) is 0 Å². The van der Waals surface area contributed by atoms with E-state index in [1.807, 2.05) is 36.4 Å². The first-order chi connectivity index (χ1) is 7.24. The van der Waals surface area contributed by atoms with Gasteiger partial charge in [-0.2, -0.15) is 0 Å². The number of nitrogens with two attached hydrogens (primary N) is 1. The van der Waals surface area contributed by atoms with E-state index in [0.717, 1.165) is 22.7 Å². The van der Waals surface area contributed by atoms with E-state index in [1.165, 1.54) is 0 Å². The summed E-state index contributed by atoms with van der Waals surface area (Å²) in [6, 6.07) is 11.6. The largest absolute Gasteiger partial charge is 0.397 e. The van der Waals surface area contributed by atoms with Crippen LogP contribution in [0.4, 0.5) is 5.69 Å². The SMILES string of the molecule is Nc1ccc(Cc2cccc(Cl)c2)nc1. The Morgan fingerprint density at radius 1 is 1.20 bits per heavy atom. The van der Waals surface area contributed by atoms with Gasteiger partial charge in [-0.05, 0) is 29.8 Å². The Kier molecular flexibility index (Phi) is 2.88. The van der Waals surface area contributed by atoms with Crippen LogP contribution in [-0.4, -0.2) is 4.98 Å². The lowest BCUT2D eigenvalue weighted by molar-refractivity contribution is 1.08. The maximum atomic E-state index is 5.90. The van der Waals surface area contributed by atoms with E-state index in [-0.39, 0.29) is 0 Å². The quantitative estimate of drug-likeness (QED) is 0.842. The molecule has 0 aliphatic heterocycles. The van der Waals surface area contributed by atoms with Gasteiger partial charge in [0.2, 0.25) is 0 Å². The number of nitrogen functional groups attached to an aromatic ring is 1. The number of anilines is 1. The minimum Gasteiger partial charge on any atom is -0.397 e. The Hall–Kier alpha value is -1.54. The van der Waals surface area contributed by atoms with Gasteiger partial charge in [0.15, 0.2) is 0 Å². The number of halogens is 1. The molecule has 0 unspecified atom stereocenters. The van der Waals surface area contributed by atoms with Crippen LogP contribution in [0.15, 0.2) is 42.6 Å². The molecule has 2 nitrogen and oxygen atoms in total. The highest BCUT2D eigenvalue weighted by molar-refractivity contribution is 6.30. The zero-order valence-electron chi connectivity index (χ0n) is 8.15. The fraction of sp³-hybridized carbons (Fsp3) is 0.0833. The lowest BCUT2D eigenvalue weighted by Gasteiger charge is -2.01. The van der Waals surface area contributed by atoms with E-state index in [0.29, 0.717) is 5.69 Å². The Bertz CT molecular complexity index is 451. The zero-order chi connectivity index (χ0) is 10.7. The van der Waals surface area contributed by atoms with E-state index in [4.69, 9.17) is 17.3 Å². The fourth-order valence-electron chi connectivity index (χ4n) is 1.40. The van der Waals surface area contributed by atoms with Crippen molar-refractivity contribution in [1.29, 1.82) is 0 Å². The van der Waals surface area contributed by atoms with E-state index in [2.05, 4.69) is 4.98 Å². The second-order valence-corrected chi connectivity index (χ2v) is 3.83. The molecule has 2 rings (SSSR count). The lowest BCUT2D eigenvalue weighted by Crippen LogP contribution is -1.93. The third-order valence-corrected chi connectivity index (χ3v) is 2.36. The smallest absolute Gasteiger partial charge is 0.0501 e. The van der Waals surface area contributed by atoms with E-state index >= 15 is 0 Å². The number of hydrogen-bond donors (Lipinski definition) is 1. The molecular weight excluding hydrogens is 208 g/mol. The van der Waals surface area contributed by atoms with Gasteiger partial charge >= 0.3 is 0 Å². The van der Waals surface area contributed by atoms with Crippen LogP contribution >= 0.6 is 11.6 Å². The number of benzene rings is 1. The number of aromatic nitrogens is 1. The molecule has 15 heavy (non-hydrogen) atoms. The van der Waals surface area contributed by atoms with Crippen molar-refractivity contribution in [2.24, 2.45) is 0 Å². The van der Waals surface area contributed by atoms with Gasteiger partial charge in [0.25, 0.3) is 0 Å². The molecule has 0 spiro atoms. The maximum Gasteiger partial charge on any atom is 0.0501 e. The monoisotopic (exact) mass is 218 g/mol. The van der Waals surface area contributed by atoms with Gasteiger partial charge in [-0.3, -0.25) is 4.98 Å². The second-order valence-electron chi connectivity index (χ2n) is 3.39. The molecule has 0 fully saturated rings. The van der Waals surface area contributed by atoms with Crippen molar-refractivity contribution >= 4 is 17.3 Å². The van der Waals surface area contributed by atoms with Crippen LogP contribution in [0.2, 0.25) is 5.02 Å². The van der Waals surface area contributed by atoms with Crippen molar-refractivity contribution < 1.29 is 0 Å². The Morgan fingerprint density at radius 2 is 2.07 bits per heavy atom. The molecule has 2 N–H and O–H groups in total. The molecule has 0 bridgehead atoms. The average molecular weight is 219 g/mol. The normalized spacial score (nSPS) is 10.2. The van der Waals surface area contributed by atoms with Crippen LogP contribution in [0.3, 0.4) is 0 Å². The number of hydrogen-bond acceptors (Lipinski definition) is 2. The summed E-state index contributed by atoms with van der Waals surface area (Å²) in [6.07, 6.45) is 2.45. The van der Waals surface area contributed by atoms with Gasteiger partial charge < -0.3 is 5.73 Å².